The van der Waals surface area contributed by atoms with Crippen molar-refractivity contribution in [2.45, 2.75) is 6.42 Å². The number of methoxy groups -OCH3 is 1. The topological polar surface area (TPSA) is 51.5 Å². The fourth-order valence-corrected chi connectivity index (χ4v) is 2.89. The van der Waals surface area contributed by atoms with E-state index < -0.39 is 0 Å². The van der Waals surface area contributed by atoms with Crippen LogP contribution in [0.3, 0.4) is 0 Å². The van der Waals surface area contributed by atoms with E-state index >= 15 is 0 Å². The molecule has 0 unspecified atom stereocenters. The molecule has 0 spiro atoms. The average molecular weight is 306 g/mol. The molecule has 0 saturated carbocycles. The van der Waals surface area contributed by atoms with E-state index in [-0.39, 0.29) is 0 Å². The lowest BCUT2D eigenvalue weighted by molar-refractivity contribution is 0.198. The summed E-state index contributed by atoms with van der Waals surface area (Å²) in [7, 11) is 1.72. The SMILES string of the molecule is COCCCNc1nc2ccccc2n2c1nc1ccccc12. The Balaban J connectivity index is 1.93. The molecular weight excluding hydrogens is 288 g/mol. The smallest absolute Gasteiger partial charge is 0.181 e. The summed E-state index contributed by atoms with van der Waals surface area (Å²) in [5, 5.41) is 3.40. The zero-order chi connectivity index (χ0) is 15.6. The fourth-order valence-electron chi connectivity index (χ4n) is 2.89. The molecular formula is C18H18N4O. The molecule has 116 valence electrons. The number of imidazole rings is 1. The Morgan fingerprint density at radius 2 is 1.61 bits per heavy atom. The molecule has 0 fully saturated rings. The van der Waals surface area contributed by atoms with E-state index in [2.05, 4.69) is 21.9 Å². The molecule has 0 aliphatic rings. The second-order valence-corrected chi connectivity index (χ2v) is 5.48. The van der Waals surface area contributed by atoms with Crippen LogP contribution < -0.4 is 5.32 Å². The van der Waals surface area contributed by atoms with Gasteiger partial charge in [0.1, 0.15) is 0 Å². The van der Waals surface area contributed by atoms with Gasteiger partial charge in [0.2, 0.25) is 0 Å². The van der Waals surface area contributed by atoms with Gasteiger partial charge >= 0.3 is 0 Å². The van der Waals surface area contributed by atoms with Crippen LogP contribution in [-0.4, -0.2) is 34.6 Å². The van der Waals surface area contributed by atoms with Crippen molar-refractivity contribution in [3.8, 4) is 0 Å². The maximum absolute atomic E-state index is 5.10. The van der Waals surface area contributed by atoms with Crippen LogP contribution in [0.4, 0.5) is 5.82 Å². The Hall–Kier alpha value is -2.66. The summed E-state index contributed by atoms with van der Waals surface area (Å²) < 4.78 is 7.28. The lowest BCUT2D eigenvalue weighted by Crippen LogP contribution is -2.08. The molecule has 0 atom stereocenters. The number of ether oxygens (including phenoxy) is 1. The second-order valence-electron chi connectivity index (χ2n) is 5.48. The number of rotatable bonds is 5. The van der Waals surface area contributed by atoms with Crippen molar-refractivity contribution in [1.82, 2.24) is 14.4 Å². The number of benzene rings is 2. The van der Waals surface area contributed by atoms with Gasteiger partial charge < -0.3 is 10.1 Å². The molecule has 0 bridgehead atoms. The van der Waals surface area contributed by atoms with Crippen molar-refractivity contribution in [1.29, 1.82) is 0 Å². The lowest BCUT2D eigenvalue weighted by atomic mass is 10.3. The number of para-hydroxylation sites is 4. The highest BCUT2D eigenvalue weighted by Crippen LogP contribution is 2.26. The normalized spacial score (nSPS) is 11.5. The highest BCUT2D eigenvalue weighted by atomic mass is 16.5. The summed E-state index contributed by atoms with van der Waals surface area (Å²) in [4.78, 5) is 9.53. The Morgan fingerprint density at radius 1 is 0.957 bits per heavy atom. The standard InChI is InChI=1S/C18H18N4O/c1-23-12-6-11-19-17-18-21-14-8-3-5-10-16(14)22(18)15-9-4-2-7-13(15)20-17/h2-5,7-10H,6,11-12H2,1H3,(H,19,20). The van der Waals surface area contributed by atoms with Gasteiger partial charge in [0.25, 0.3) is 0 Å². The maximum Gasteiger partial charge on any atom is 0.181 e. The molecule has 0 amide bonds. The van der Waals surface area contributed by atoms with Gasteiger partial charge in [0.05, 0.1) is 22.1 Å². The van der Waals surface area contributed by atoms with Gasteiger partial charge in [-0.1, -0.05) is 24.3 Å². The molecule has 0 saturated heterocycles. The van der Waals surface area contributed by atoms with Crippen LogP contribution in [0.2, 0.25) is 0 Å². The minimum Gasteiger partial charge on any atom is -0.385 e. The maximum atomic E-state index is 5.10. The van der Waals surface area contributed by atoms with Gasteiger partial charge in [-0.05, 0) is 30.7 Å². The molecule has 2 heterocycles. The molecule has 0 aliphatic carbocycles. The van der Waals surface area contributed by atoms with Crippen LogP contribution in [0.15, 0.2) is 48.5 Å². The summed E-state index contributed by atoms with van der Waals surface area (Å²) in [6, 6.07) is 16.3. The highest BCUT2D eigenvalue weighted by molar-refractivity contribution is 5.92. The number of hydrogen-bond donors (Lipinski definition) is 1. The molecule has 23 heavy (non-hydrogen) atoms. The Kier molecular flexibility index (Phi) is 3.55. The van der Waals surface area contributed by atoms with Gasteiger partial charge in [0.15, 0.2) is 11.5 Å². The number of nitrogens with zero attached hydrogens (tertiary/aromatic N) is 3. The zero-order valence-electron chi connectivity index (χ0n) is 13.0. The first-order chi connectivity index (χ1) is 11.4. The molecule has 0 aliphatic heterocycles. The predicted octanol–water partition coefficient (Wildman–Crippen LogP) is 3.48. The molecule has 5 nitrogen and oxygen atoms in total. The third-order valence-electron chi connectivity index (χ3n) is 3.95. The average Bonchev–Trinajstić information content (AvgIpc) is 2.99. The van der Waals surface area contributed by atoms with Gasteiger partial charge in [-0.15, -0.1) is 0 Å². The minimum absolute atomic E-state index is 0.729. The van der Waals surface area contributed by atoms with Crippen LogP contribution in [0.1, 0.15) is 6.42 Å². The van der Waals surface area contributed by atoms with Crippen LogP contribution in [-0.2, 0) is 4.74 Å². The van der Waals surface area contributed by atoms with Crippen molar-refractivity contribution in [2.75, 3.05) is 25.6 Å². The van der Waals surface area contributed by atoms with Crippen LogP contribution in [0, 0.1) is 0 Å². The Morgan fingerprint density at radius 3 is 2.30 bits per heavy atom. The summed E-state index contributed by atoms with van der Waals surface area (Å²) in [5.41, 5.74) is 4.96. The van der Waals surface area contributed by atoms with Crippen molar-refractivity contribution < 1.29 is 4.74 Å². The zero-order valence-corrected chi connectivity index (χ0v) is 13.0. The van der Waals surface area contributed by atoms with Gasteiger partial charge in [-0.3, -0.25) is 4.40 Å². The largest absolute Gasteiger partial charge is 0.385 e. The van der Waals surface area contributed by atoms with Gasteiger partial charge in [0, 0.05) is 20.3 Å². The van der Waals surface area contributed by atoms with E-state index in [9.17, 15) is 0 Å². The van der Waals surface area contributed by atoms with Crippen molar-refractivity contribution in [3.63, 3.8) is 0 Å². The molecule has 5 heteroatoms. The first-order valence-corrected chi connectivity index (χ1v) is 7.77. The number of aromatic nitrogens is 3. The van der Waals surface area contributed by atoms with E-state index in [1.807, 2.05) is 36.4 Å². The van der Waals surface area contributed by atoms with E-state index in [4.69, 9.17) is 14.7 Å². The summed E-state index contributed by atoms with van der Waals surface area (Å²) in [6.07, 6.45) is 0.928. The number of fused-ring (bicyclic) bond motifs is 5. The van der Waals surface area contributed by atoms with Crippen molar-refractivity contribution in [3.05, 3.63) is 48.5 Å². The third-order valence-corrected chi connectivity index (χ3v) is 3.95. The molecule has 0 radical (unpaired) electrons. The number of anilines is 1. The van der Waals surface area contributed by atoms with Gasteiger partial charge in [-0.25, -0.2) is 9.97 Å². The van der Waals surface area contributed by atoms with Crippen molar-refractivity contribution >= 4 is 33.5 Å². The molecule has 2 aromatic carbocycles. The highest BCUT2D eigenvalue weighted by Gasteiger charge is 2.13. The number of hydrogen-bond acceptors (Lipinski definition) is 4. The second kappa shape index (κ2) is 5.85. The summed E-state index contributed by atoms with van der Waals surface area (Å²) >= 11 is 0. The van der Waals surface area contributed by atoms with E-state index in [1.54, 1.807) is 7.11 Å². The fraction of sp³-hybridized carbons (Fsp3) is 0.222. The molecule has 4 rings (SSSR count). The van der Waals surface area contributed by atoms with Gasteiger partial charge in [-0.2, -0.15) is 0 Å². The first-order valence-electron chi connectivity index (χ1n) is 7.77. The monoisotopic (exact) mass is 306 g/mol. The van der Waals surface area contributed by atoms with Crippen LogP contribution >= 0.6 is 0 Å². The predicted molar refractivity (Wildman–Crippen MR) is 93.0 cm³/mol. The van der Waals surface area contributed by atoms with Crippen molar-refractivity contribution in [2.24, 2.45) is 0 Å². The van der Waals surface area contributed by atoms with Crippen LogP contribution in [0.5, 0.6) is 0 Å². The van der Waals surface area contributed by atoms with E-state index in [1.165, 1.54) is 0 Å². The molecule has 2 aromatic heterocycles. The quantitative estimate of drug-likeness (QED) is 0.574. The summed E-state index contributed by atoms with van der Waals surface area (Å²) in [5.74, 6) is 0.816. The van der Waals surface area contributed by atoms with E-state index in [0.717, 1.165) is 53.1 Å². The minimum atomic E-state index is 0.729. The molecule has 1 N–H and O–H groups in total. The Bertz CT molecular complexity index is 977. The Labute approximate surface area is 133 Å². The first kappa shape index (κ1) is 14.0. The third kappa shape index (κ3) is 2.39. The van der Waals surface area contributed by atoms with Crippen LogP contribution in [0.25, 0.3) is 27.7 Å². The molecule has 4 aromatic rings. The summed E-state index contributed by atoms with van der Waals surface area (Å²) in [6.45, 7) is 1.53. The number of nitrogens with one attached hydrogen (secondary N) is 1. The van der Waals surface area contributed by atoms with E-state index in [0.29, 0.717) is 0 Å². The lowest BCUT2D eigenvalue weighted by Gasteiger charge is -2.09.